The number of carbonyl (C=O) groups excluding carboxylic acids is 1. The molecular formula is C21H23FN6O3S. The molecule has 1 saturated heterocycles. The summed E-state index contributed by atoms with van der Waals surface area (Å²) in [4.78, 5) is 13.7. The zero-order chi connectivity index (χ0) is 22.7. The second-order valence-electron chi connectivity index (χ2n) is 7.68. The van der Waals surface area contributed by atoms with E-state index in [1.165, 1.54) is 36.4 Å². The van der Waals surface area contributed by atoms with Crippen LogP contribution in [0.3, 0.4) is 0 Å². The maximum absolute atomic E-state index is 13.0. The zero-order valence-electron chi connectivity index (χ0n) is 17.5. The molecule has 0 saturated carbocycles. The first kappa shape index (κ1) is 22.0. The predicted molar refractivity (Wildman–Crippen MR) is 115 cm³/mol. The average Bonchev–Trinajstić information content (AvgIpc) is 3.23. The van der Waals surface area contributed by atoms with Crippen molar-refractivity contribution in [2.24, 2.45) is 0 Å². The van der Waals surface area contributed by atoms with E-state index in [9.17, 15) is 17.6 Å². The standard InChI is InChI=1S/C21H23FN6O3S/c1-15-4-2-3-13-27(15)32(30,31)19-11-9-18(10-12-19)23-20(29)14-28-25-21(24-26-28)16-5-7-17(22)8-6-16/h5-12,15H,2-4,13-14H2,1H3,(H,23,29). The summed E-state index contributed by atoms with van der Waals surface area (Å²) >= 11 is 0. The molecule has 32 heavy (non-hydrogen) atoms. The summed E-state index contributed by atoms with van der Waals surface area (Å²) in [6, 6.07) is 11.7. The van der Waals surface area contributed by atoms with Gasteiger partial charge in [-0.2, -0.15) is 9.10 Å². The Morgan fingerprint density at radius 3 is 2.53 bits per heavy atom. The number of anilines is 1. The summed E-state index contributed by atoms with van der Waals surface area (Å²) in [5.41, 5.74) is 1.04. The van der Waals surface area contributed by atoms with Crippen molar-refractivity contribution in [1.29, 1.82) is 0 Å². The predicted octanol–water partition coefficient (Wildman–Crippen LogP) is 2.68. The molecule has 1 aromatic heterocycles. The summed E-state index contributed by atoms with van der Waals surface area (Å²) in [6.07, 6.45) is 2.74. The van der Waals surface area contributed by atoms with Gasteiger partial charge in [0.1, 0.15) is 12.4 Å². The van der Waals surface area contributed by atoms with Crippen molar-refractivity contribution in [3.63, 3.8) is 0 Å². The van der Waals surface area contributed by atoms with E-state index in [-0.39, 0.29) is 29.1 Å². The van der Waals surface area contributed by atoms with E-state index in [2.05, 4.69) is 20.7 Å². The number of rotatable bonds is 6. The molecule has 1 unspecified atom stereocenters. The van der Waals surface area contributed by atoms with Crippen LogP contribution in [0.5, 0.6) is 0 Å². The van der Waals surface area contributed by atoms with Crippen LogP contribution in [0.2, 0.25) is 0 Å². The van der Waals surface area contributed by atoms with Crippen LogP contribution in [-0.4, -0.2) is 51.4 Å². The second kappa shape index (κ2) is 9.13. The minimum atomic E-state index is -3.57. The monoisotopic (exact) mass is 458 g/mol. The van der Waals surface area contributed by atoms with Gasteiger partial charge in [0.25, 0.3) is 0 Å². The van der Waals surface area contributed by atoms with E-state index in [4.69, 9.17) is 0 Å². The number of halogens is 1. The fraction of sp³-hybridized carbons (Fsp3) is 0.333. The molecule has 0 aliphatic carbocycles. The van der Waals surface area contributed by atoms with Crippen LogP contribution < -0.4 is 5.32 Å². The molecule has 1 N–H and O–H groups in total. The number of nitrogens with one attached hydrogen (secondary N) is 1. The molecular weight excluding hydrogens is 435 g/mol. The molecule has 2 heterocycles. The first-order valence-corrected chi connectivity index (χ1v) is 11.7. The number of tetrazole rings is 1. The van der Waals surface area contributed by atoms with Crippen molar-refractivity contribution < 1.29 is 17.6 Å². The van der Waals surface area contributed by atoms with Gasteiger partial charge >= 0.3 is 0 Å². The van der Waals surface area contributed by atoms with Crippen LogP contribution in [0, 0.1) is 5.82 Å². The van der Waals surface area contributed by atoms with Crippen LogP contribution in [0.25, 0.3) is 11.4 Å². The van der Waals surface area contributed by atoms with Crippen molar-refractivity contribution in [3.05, 3.63) is 54.3 Å². The van der Waals surface area contributed by atoms with Crippen LogP contribution in [0.15, 0.2) is 53.4 Å². The highest BCUT2D eigenvalue weighted by Gasteiger charge is 2.30. The molecule has 1 amide bonds. The molecule has 1 atom stereocenters. The molecule has 0 spiro atoms. The number of aromatic nitrogens is 4. The minimum absolute atomic E-state index is 0.0249. The Morgan fingerprint density at radius 1 is 1.12 bits per heavy atom. The lowest BCUT2D eigenvalue weighted by molar-refractivity contribution is -0.117. The third-order valence-corrected chi connectivity index (χ3v) is 7.35. The SMILES string of the molecule is CC1CCCCN1S(=O)(=O)c1ccc(NC(=O)Cn2nnc(-c3ccc(F)cc3)n2)cc1. The van der Waals surface area contributed by atoms with Gasteiger partial charge in [-0.3, -0.25) is 4.79 Å². The second-order valence-corrected chi connectivity index (χ2v) is 9.57. The van der Waals surface area contributed by atoms with Gasteiger partial charge in [0.2, 0.25) is 21.8 Å². The molecule has 1 aliphatic rings. The van der Waals surface area contributed by atoms with E-state index in [0.717, 1.165) is 24.1 Å². The number of carbonyl (C=O) groups is 1. The quantitative estimate of drug-likeness (QED) is 0.608. The summed E-state index contributed by atoms with van der Waals surface area (Å²) in [5.74, 6) is -0.489. The Labute approximate surface area is 185 Å². The van der Waals surface area contributed by atoms with Gasteiger partial charge in [-0.1, -0.05) is 6.42 Å². The number of piperidine rings is 1. The van der Waals surface area contributed by atoms with E-state index in [1.807, 2.05) is 6.92 Å². The molecule has 2 aromatic carbocycles. The zero-order valence-corrected chi connectivity index (χ0v) is 18.3. The van der Waals surface area contributed by atoms with Crippen LogP contribution >= 0.6 is 0 Å². The number of benzene rings is 2. The van der Waals surface area contributed by atoms with Crippen molar-refractivity contribution >= 4 is 21.6 Å². The van der Waals surface area contributed by atoms with Crippen molar-refractivity contribution in [3.8, 4) is 11.4 Å². The van der Waals surface area contributed by atoms with Crippen molar-refractivity contribution in [2.75, 3.05) is 11.9 Å². The average molecular weight is 459 g/mol. The first-order chi connectivity index (χ1) is 15.3. The van der Waals surface area contributed by atoms with E-state index in [1.54, 1.807) is 16.4 Å². The number of sulfonamides is 1. The van der Waals surface area contributed by atoms with Gasteiger partial charge in [0.05, 0.1) is 4.90 Å². The number of nitrogens with zero attached hydrogens (tertiary/aromatic N) is 5. The molecule has 1 aliphatic heterocycles. The van der Waals surface area contributed by atoms with E-state index in [0.29, 0.717) is 17.8 Å². The normalized spacial score (nSPS) is 17.2. The Balaban J connectivity index is 1.38. The van der Waals surface area contributed by atoms with Crippen LogP contribution in [0.1, 0.15) is 26.2 Å². The van der Waals surface area contributed by atoms with Gasteiger partial charge in [0.15, 0.2) is 0 Å². The Morgan fingerprint density at radius 2 is 1.84 bits per heavy atom. The molecule has 9 nitrogen and oxygen atoms in total. The van der Waals surface area contributed by atoms with Gasteiger partial charge in [-0.05, 0) is 73.5 Å². The lowest BCUT2D eigenvalue weighted by Gasteiger charge is -2.32. The van der Waals surface area contributed by atoms with E-state index >= 15 is 0 Å². The van der Waals surface area contributed by atoms with E-state index < -0.39 is 15.9 Å². The van der Waals surface area contributed by atoms with Gasteiger partial charge in [0, 0.05) is 23.8 Å². The Hall–Kier alpha value is -3.18. The molecule has 0 bridgehead atoms. The third-order valence-electron chi connectivity index (χ3n) is 5.33. The maximum Gasteiger partial charge on any atom is 0.248 e. The fourth-order valence-electron chi connectivity index (χ4n) is 3.63. The van der Waals surface area contributed by atoms with Crippen molar-refractivity contribution in [1.82, 2.24) is 24.5 Å². The highest BCUT2D eigenvalue weighted by Crippen LogP contribution is 2.26. The molecule has 11 heteroatoms. The Bertz CT molecular complexity index is 1200. The summed E-state index contributed by atoms with van der Waals surface area (Å²) in [7, 11) is -3.57. The minimum Gasteiger partial charge on any atom is -0.324 e. The summed E-state index contributed by atoms with van der Waals surface area (Å²) < 4.78 is 40.4. The molecule has 0 radical (unpaired) electrons. The lowest BCUT2D eigenvalue weighted by atomic mass is 10.1. The third kappa shape index (κ3) is 4.83. The number of hydrogen-bond donors (Lipinski definition) is 1. The highest BCUT2D eigenvalue weighted by atomic mass is 32.2. The number of amides is 1. The molecule has 168 valence electrons. The number of hydrogen-bond acceptors (Lipinski definition) is 6. The van der Waals surface area contributed by atoms with Crippen molar-refractivity contribution in [2.45, 2.75) is 43.7 Å². The topological polar surface area (TPSA) is 110 Å². The highest BCUT2D eigenvalue weighted by molar-refractivity contribution is 7.89. The summed E-state index contributed by atoms with van der Waals surface area (Å²) in [5, 5.41) is 14.5. The Kier molecular flexibility index (Phi) is 6.28. The largest absolute Gasteiger partial charge is 0.324 e. The molecule has 1 fully saturated rings. The van der Waals surface area contributed by atoms with Gasteiger partial charge in [-0.25, -0.2) is 12.8 Å². The lowest BCUT2D eigenvalue weighted by Crippen LogP contribution is -2.41. The van der Waals surface area contributed by atoms with Gasteiger partial charge in [-0.15, -0.1) is 10.2 Å². The smallest absolute Gasteiger partial charge is 0.248 e. The maximum atomic E-state index is 13.0. The molecule has 3 aromatic rings. The van der Waals surface area contributed by atoms with Crippen LogP contribution in [0.4, 0.5) is 10.1 Å². The van der Waals surface area contributed by atoms with Gasteiger partial charge < -0.3 is 5.32 Å². The first-order valence-electron chi connectivity index (χ1n) is 10.3. The summed E-state index contributed by atoms with van der Waals surface area (Å²) in [6.45, 7) is 2.26. The van der Waals surface area contributed by atoms with Crippen LogP contribution in [-0.2, 0) is 21.4 Å². The molecule has 4 rings (SSSR count). The fourth-order valence-corrected chi connectivity index (χ4v) is 5.33.